The standard InChI is InChI=1S/C22H24FN3O3/c23-19-5-1-17(2-6-19)13-22(28)26-11-9-25(10-12-26)15-20(27)16-29-21-7-3-18(14-24)4-8-21/h1-8,20,27H,9-13,15-16H2. The van der Waals surface area contributed by atoms with Gasteiger partial charge in [-0.1, -0.05) is 12.1 Å². The number of benzene rings is 2. The Morgan fingerprint density at radius 1 is 1.10 bits per heavy atom. The molecule has 1 unspecified atom stereocenters. The lowest BCUT2D eigenvalue weighted by molar-refractivity contribution is -0.132. The monoisotopic (exact) mass is 397 g/mol. The maximum atomic E-state index is 13.0. The number of rotatable bonds is 7. The Kier molecular flexibility index (Phi) is 7.17. The van der Waals surface area contributed by atoms with Gasteiger partial charge in [0.2, 0.25) is 5.91 Å². The minimum atomic E-state index is -0.646. The molecule has 1 amide bonds. The first-order valence-electron chi connectivity index (χ1n) is 9.59. The van der Waals surface area contributed by atoms with E-state index in [1.807, 2.05) is 6.07 Å². The molecule has 0 aliphatic carbocycles. The number of nitrogens with zero attached hydrogens (tertiary/aromatic N) is 3. The van der Waals surface area contributed by atoms with Crippen LogP contribution in [0, 0.1) is 17.1 Å². The number of β-amino-alcohol motifs (C(OH)–C–C–N with tert-alkyl or cyclic N) is 1. The van der Waals surface area contributed by atoms with Gasteiger partial charge in [0.25, 0.3) is 0 Å². The molecule has 1 N–H and O–H groups in total. The van der Waals surface area contributed by atoms with Crippen molar-refractivity contribution in [2.75, 3.05) is 39.3 Å². The van der Waals surface area contributed by atoms with Crippen LogP contribution in [0.2, 0.25) is 0 Å². The molecule has 152 valence electrons. The van der Waals surface area contributed by atoms with Crippen molar-refractivity contribution in [2.45, 2.75) is 12.5 Å². The van der Waals surface area contributed by atoms with Gasteiger partial charge in [0, 0.05) is 32.7 Å². The normalized spacial score (nSPS) is 15.6. The maximum absolute atomic E-state index is 13.0. The number of carbonyl (C=O) groups excluding carboxylic acids is 1. The van der Waals surface area contributed by atoms with E-state index in [2.05, 4.69) is 4.90 Å². The molecule has 7 heteroatoms. The Morgan fingerprint density at radius 3 is 2.38 bits per heavy atom. The van der Waals surface area contributed by atoms with Crippen LogP contribution >= 0.6 is 0 Å². The Hall–Kier alpha value is -2.95. The van der Waals surface area contributed by atoms with Gasteiger partial charge < -0.3 is 14.7 Å². The van der Waals surface area contributed by atoms with Gasteiger partial charge in [-0.15, -0.1) is 0 Å². The van der Waals surface area contributed by atoms with Crippen LogP contribution in [0.5, 0.6) is 5.75 Å². The summed E-state index contributed by atoms with van der Waals surface area (Å²) in [7, 11) is 0. The molecular weight excluding hydrogens is 373 g/mol. The van der Waals surface area contributed by atoms with Crippen molar-refractivity contribution < 1.29 is 19.0 Å². The van der Waals surface area contributed by atoms with Crippen LogP contribution in [0.4, 0.5) is 4.39 Å². The highest BCUT2D eigenvalue weighted by atomic mass is 19.1. The zero-order valence-corrected chi connectivity index (χ0v) is 16.1. The summed E-state index contributed by atoms with van der Waals surface area (Å²) in [6.07, 6.45) is -0.381. The second-order valence-corrected chi connectivity index (χ2v) is 7.09. The fourth-order valence-electron chi connectivity index (χ4n) is 3.24. The van der Waals surface area contributed by atoms with E-state index in [1.165, 1.54) is 12.1 Å². The topological polar surface area (TPSA) is 76.8 Å². The van der Waals surface area contributed by atoms with E-state index >= 15 is 0 Å². The lowest BCUT2D eigenvalue weighted by Crippen LogP contribution is -2.51. The lowest BCUT2D eigenvalue weighted by atomic mass is 10.1. The molecule has 1 saturated heterocycles. The predicted octanol–water partition coefficient (Wildman–Crippen LogP) is 1.82. The minimum absolute atomic E-state index is 0.0287. The molecule has 1 heterocycles. The van der Waals surface area contributed by atoms with Gasteiger partial charge in [0.15, 0.2) is 0 Å². The Morgan fingerprint density at radius 2 is 1.76 bits per heavy atom. The van der Waals surface area contributed by atoms with Gasteiger partial charge in [-0.05, 0) is 42.0 Å². The highest BCUT2D eigenvalue weighted by molar-refractivity contribution is 5.78. The first kappa shape index (κ1) is 20.8. The van der Waals surface area contributed by atoms with Crippen LogP contribution in [-0.2, 0) is 11.2 Å². The smallest absolute Gasteiger partial charge is 0.227 e. The van der Waals surface area contributed by atoms with E-state index in [0.29, 0.717) is 44.0 Å². The van der Waals surface area contributed by atoms with Gasteiger partial charge in [0.1, 0.15) is 24.3 Å². The fraction of sp³-hybridized carbons (Fsp3) is 0.364. The third kappa shape index (κ3) is 6.28. The maximum Gasteiger partial charge on any atom is 0.227 e. The molecule has 0 spiro atoms. The second-order valence-electron chi connectivity index (χ2n) is 7.09. The van der Waals surface area contributed by atoms with E-state index in [9.17, 15) is 14.3 Å². The highest BCUT2D eigenvalue weighted by Gasteiger charge is 2.22. The molecule has 0 bridgehead atoms. The number of carbonyl (C=O) groups is 1. The average molecular weight is 397 g/mol. The van der Waals surface area contributed by atoms with Crippen molar-refractivity contribution in [2.24, 2.45) is 0 Å². The number of piperazine rings is 1. The quantitative estimate of drug-likeness (QED) is 0.771. The number of amides is 1. The number of aliphatic hydroxyl groups excluding tert-OH is 1. The average Bonchev–Trinajstić information content (AvgIpc) is 2.75. The molecule has 1 fully saturated rings. The third-order valence-electron chi connectivity index (χ3n) is 4.89. The van der Waals surface area contributed by atoms with Crippen molar-refractivity contribution in [3.63, 3.8) is 0 Å². The van der Waals surface area contributed by atoms with Crippen molar-refractivity contribution >= 4 is 5.91 Å². The van der Waals surface area contributed by atoms with Crippen molar-refractivity contribution in [3.8, 4) is 11.8 Å². The van der Waals surface area contributed by atoms with Crippen LogP contribution in [0.3, 0.4) is 0 Å². The Balaban J connectivity index is 1.37. The predicted molar refractivity (Wildman–Crippen MR) is 106 cm³/mol. The number of aliphatic hydroxyl groups is 1. The van der Waals surface area contributed by atoms with E-state index in [0.717, 1.165) is 5.56 Å². The summed E-state index contributed by atoms with van der Waals surface area (Å²) in [5.74, 6) is 0.330. The first-order chi connectivity index (χ1) is 14.0. The summed E-state index contributed by atoms with van der Waals surface area (Å²) in [6.45, 7) is 3.20. The number of nitriles is 1. The molecule has 0 aromatic heterocycles. The van der Waals surface area contributed by atoms with Gasteiger partial charge in [0.05, 0.1) is 18.1 Å². The largest absolute Gasteiger partial charge is 0.491 e. The summed E-state index contributed by atoms with van der Waals surface area (Å²) < 4.78 is 18.5. The first-order valence-corrected chi connectivity index (χ1v) is 9.59. The minimum Gasteiger partial charge on any atom is -0.491 e. The summed E-state index contributed by atoms with van der Waals surface area (Å²) in [5, 5.41) is 19.0. The molecular formula is C22H24FN3O3. The molecule has 6 nitrogen and oxygen atoms in total. The van der Waals surface area contributed by atoms with Crippen molar-refractivity contribution in [1.29, 1.82) is 5.26 Å². The number of hydrogen-bond acceptors (Lipinski definition) is 5. The molecule has 1 aliphatic rings. The van der Waals surface area contributed by atoms with Crippen molar-refractivity contribution in [1.82, 2.24) is 9.80 Å². The molecule has 29 heavy (non-hydrogen) atoms. The van der Waals surface area contributed by atoms with Crippen LogP contribution < -0.4 is 4.74 Å². The second kappa shape index (κ2) is 10.0. The summed E-state index contributed by atoms with van der Waals surface area (Å²) in [4.78, 5) is 16.3. The van der Waals surface area contributed by atoms with Crippen LogP contribution in [0.15, 0.2) is 48.5 Å². The van der Waals surface area contributed by atoms with E-state index in [-0.39, 0.29) is 24.8 Å². The summed E-state index contributed by atoms with van der Waals surface area (Å²) >= 11 is 0. The Bertz CT molecular complexity index is 841. The van der Waals surface area contributed by atoms with Crippen molar-refractivity contribution in [3.05, 3.63) is 65.5 Å². The van der Waals surface area contributed by atoms with Gasteiger partial charge >= 0.3 is 0 Å². The zero-order chi connectivity index (χ0) is 20.6. The zero-order valence-electron chi connectivity index (χ0n) is 16.1. The van der Waals surface area contributed by atoms with Crippen LogP contribution in [0.1, 0.15) is 11.1 Å². The molecule has 0 saturated carbocycles. The molecule has 3 rings (SSSR count). The summed E-state index contributed by atoms with van der Waals surface area (Å²) in [5.41, 5.74) is 1.36. The molecule has 1 aliphatic heterocycles. The van der Waals surface area contributed by atoms with Gasteiger partial charge in [-0.2, -0.15) is 5.26 Å². The lowest BCUT2D eigenvalue weighted by Gasteiger charge is -2.35. The Labute approximate surface area is 169 Å². The highest BCUT2D eigenvalue weighted by Crippen LogP contribution is 2.13. The molecule has 2 aromatic carbocycles. The molecule has 0 radical (unpaired) electrons. The molecule has 1 atom stereocenters. The summed E-state index contributed by atoms with van der Waals surface area (Å²) in [6, 6.07) is 14.8. The fourth-order valence-corrected chi connectivity index (χ4v) is 3.24. The van der Waals surface area contributed by atoms with E-state index < -0.39 is 6.10 Å². The number of halogens is 1. The van der Waals surface area contributed by atoms with Crippen LogP contribution in [0.25, 0.3) is 0 Å². The number of ether oxygens (including phenoxy) is 1. The van der Waals surface area contributed by atoms with Gasteiger partial charge in [-0.3, -0.25) is 9.69 Å². The number of hydrogen-bond donors (Lipinski definition) is 1. The van der Waals surface area contributed by atoms with Crippen LogP contribution in [-0.4, -0.2) is 66.2 Å². The molecule has 2 aromatic rings. The van der Waals surface area contributed by atoms with Gasteiger partial charge in [-0.25, -0.2) is 4.39 Å². The van der Waals surface area contributed by atoms with E-state index in [4.69, 9.17) is 10.00 Å². The third-order valence-corrected chi connectivity index (χ3v) is 4.89. The van der Waals surface area contributed by atoms with E-state index in [1.54, 1.807) is 41.3 Å². The SMILES string of the molecule is N#Cc1ccc(OCC(O)CN2CCN(C(=O)Cc3ccc(F)cc3)CC2)cc1.